The first-order valence-electron chi connectivity index (χ1n) is 13.9. The van der Waals surface area contributed by atoms with Gasteiger partial charge in [-0.1, -0.05) is 72.8 Å². The lowest BCUT2D eigenvalue weighted by Gasteiger charge is -2.38. The summed E-state index contributed by atoms with van der Waals surface area (Å²) in [7, 11) is 0. The third kappa shape index (κ3) is 7.90. The molecule has 6 nitrogen and oxygen atoms in total. The van der Waals surface area contributed by atoms with Crippen LogP contribution in [0.3, 0.4) is 0 Å². The van der Waals surface area contributed by atoms with E-state index in [1.165, 1.54) is 0 Å². The Labute approximate surface area is 257 Å². The molecule has 41 heavy (non-hydrogen) atoms. The molecule has 0 unspecified atom stereocenters. The van der Waals surface area contributed by atoms with Gasteiger partial charge in [0.05, 0.1) is 19.3 Å². The van der Waals surface area contributed by atoms with Crippen molar-refractivity contribution in [2.24, 2.45) is 0 Å². The first-order chi connectivity index (χ1) is 19.5. The fourth-order valence-electron chi connectivity index (χ4n) is 4.96. The monoisotopic (exact) mass is 669 g/mol. The highest BCUT2D eigenvalue weighted by Gasteiger charge is 2.50. The fraction of sp³-hybridized carbons (Fsp3) is 0.382. The van der Waals surface area contributed by atoms with Gasteiger partial charge in [-0.3, -0.25) is 4.90 Å². The molecule has 3 aromatic rings. The molecule has 1 heterocycles. The summed E-state index contributed by atoms with van der Waals surface area (Å²) >= 11 is 2.33. The van der Waals surface area contributed by atoms with Gasteiger partial charge in [0.2, 0.25) is 0 Å². The summed E-state index contributed by atoms with van der Waals surface area (Å²) in [6, 6.07) is 25.8. The molecule has 4 rings (SSSR count). The van der Waals surface area contributed by atoms with E-state index < -0.39 is 29.6 Å². The second-order valence-electron chi connectivity index (χ2n) is 11.5. The van der Waals surface area contributed by atoms with E-state index in [1.807, 2.05) is 114 Å². The topological polar surface area (TPSA) is 57.2 Å². The van der Waals surface area contributed by atoms with Gasteiger partial charge in [-0.15, -0.1) is 0 Å². The molecule has 1 aliphatic heterocycles. The number of halogens is 1. The fourth-order valence-corrected chi connectivity index (χ4v) is 5.51. The smallest absolute Gasteiger partial charge is 0.413 e. The molecule has 1 saturated heterocycles. The summed E-state index contributed by atoms with van der Waals surface area (Å²) in [6.07, 6.45) is 1.09. The quantitative estimate of drug-likeness (QED) is 0.215. The zero-order chi connectivity index (χ0) is 29.6. The Balaban J connectivity index is 1.72. The lowest BCUT2D eigenvalue weighted by molar-refractivity contribution is -0.0691. The average Bonchev–Trinajstić information content (AvgIpc) is 3.25. The molecule has 1 aliphatic rings. The number of hydrogen-bond donors (Lipinski definition) is 0. The highest BCUT2D eigenvalue weighted by Crippen LogP contribution is 2.39. The molecule has 0 aliphatic carbocycles. The van der Waals surface area contributed by atoms with Crippen molar-refractivity contribution in [3.8, 4) is 5.75 Å². The second kappa shape index (κ2) is 13.4. The number of ether oxygens (including phenoxy) is 4. The Kier molecular flexibility index (Phi) is 10.2. The minimum Gasteiger partial charge on any atom is -0.488 e. The maximum Gasteiger partial charge on any atom is 0.413 e. The van der Waals surface area contributed by atoms with Crippen molar-refractivity contribution >= 4 is 34.3 Å². The van der Waals surface area contributed by atoms with Crippen LogP contribution in [0.1, 0.15) is 58.2 Å². The van der Waals surface area contributed by atoms with Crippen molar-refractivity contribution in [1.82, 2.24) is 4.90 Å². The average molecular weight is 670 g/mol. The number of nitrogens with zero attached hydrogens (tertiary/aromatic N) is 1. The summed E-state index contributed by atoms with van der Waals surface area (Å²) in [5.74, 6) is 0.745. The number of para-hydroxylation sites is 1. The van der Waals surface area contributed by atoms with Gasteiger partial charge in [0.15, 0.2) is 0 Å². The molecular weight excluding hydrogens is 629 g/mol. The molecule has 3 aromatic carbocycles. The second-order valence-corrected chi connectivity index (χ2v) is 12.7. The van der Waals surface area contributed by atoms with Crippen LogP contribution in [0.2, 0.25) is 0 Å². The molecule has 0 aromatic heterocycles. The Bertz CT molecular complexity index is 1350. The van der Waals surface area contributed by atoms with E-state index in [9.17, 15) is 4.79 Å². The number of allylic oxidation sites excluding steroid dienone is 1. The van der Waals surface area contributed by atoms with Gasteiger partial charge >= 0.3 is 6.09 Å². The van der Waals surface area contributed by atoms with Crippen LogP contribution in [-0.4, -0.2) is 41.1 Å². The molecule has 218 valence electrons. The summed E-state index contributed by atoms with van der Waals surface area (Å²) < 4.78 is 26.3. The number of amides is 1. The number of carbonyl (C=O) groups is 1. The molecule has 2 atom stereocenters. The van der Waals surface area contributed by atoms with E-state index in [0.29, 0.717) is 19.8 Å². The molecule has 1 fully saturated rings. The van der Waals surface area contributed by atoms with E-state index in [2.05, 4.69) is 34.7 Å². The van der Waals surface area contributed by atoms with Crippen LogP contribution in [-0.2, 0) is 27.4 Å². The third-order valence-electron chi connectivity index (χ3n) is 6.89. The lowest BCUT2D eigenvalue weighted by atomic mass is 9.93. The number of carbonyl (C=O) groups excluding carboxylic acids is 1. The zero-order valence-corrected chi connectivity index (χ0v) is 26.9. The first-order valence-corrected chi connectivity index (χ1v) is 15.0. The van der Waals surface area contributed by atoms with Gasteiger partial charge in [-0.25, -0.2) is 4.79 Å². The van der Waals surface area contributed by atoms with Crippen LogP contribution >= 0.6 is 22.6 Å². The first kappa shape index (κ1) is 31.1. The van der Waals surface area contributed by atoms with Crippen molar-refractivity contribution in [2.75, 3.05) is 6.61 Å². The van der Waals surface area contributed by atoms with Crippen molar-refractivity contribution in [2.45, 2.75) is 78.2 Å². The predicted octanol–water partition coefficient (Wildman–Crippen LogP) is 8.23. The Morgan fingerprint density at radius 2 is 1.68 bits per heavy atom. The molecule has 0 spiro atoms. The van der Waals surface area contributed by atoms with E-state index in [0.717, 1.165) is 31.6 Å². The van der Waals surface area contributed by atoms with Crippen LogP contribution in [0.5, 0.6) is 5.75 Å². The minimum atomic E-state index is -0.877. The molecule has 0 bridgehead atoms. The summed E-state index contributed by atoms with van der Waals surface area (Å²) in [5.41, 5.74) is 2.45. The maximum absolute atomic E-state index is 13.6. The highest BCUT2D eigenvalue weighted by atomic mass is 127. The number of rotatable bonds is 9. The van der Waals surface area contributed by atoms with Crippen molar-refractivity contribution in [1.29, 1.82) is 0 Å². The molecule has 7 heteroatoms. The summed E-state index contributed by atoms with van der Waals surface area (Å²) in [5, 5.41) is 0. The van der Waals surface area contributed by atoms with Gasteiger partial charge < -0.3 is 18.9 Å². The molecule has 1 amide bonds. The minimum absolute atomic E-state index is 0.299. The van der Waals surface area contributed by atoms with Crippen molar-refractivity contribution < 1.29 is 23.7 Å². The van der Waals surface area contributed by atoms with Crippen molar-refractivity contribution in [3.63, 3.8) is 0 Å². The largest absolute Gasteiger partial charge is 0.488 e. The van der Waals surface area contributed by atoms with Crippen LogP contribution in [0, 0.1) is 3.57 Å². The molecule has 0 saturated carbocycles. The summed E-state index contributed by atoms with van der Waals surface area (Å²) in [6.45, 7) is 12.5. The molecule has 0 N–H and O–H groups in total. The molecule has 0 radical (unpaired) electrons. The van der Waals surface area contributed by atoms with E-state index in [1.54, 1.807) is 4.90 Å². The van der Waals surface area contributed by atoms with Crippen LogP contribution in [0.15, 0.2) is 84.9 Å². The van der Waals surface area contributed by atoms with Crippen LogP contribution in [0.4, 0.5) is 4.79 Å². The van der Waals surface area contributed by atoms with Gasteiger partial charge in [0, 0.05) is 9.13 Å². The Morgan fingerprint density at radius 3 is 2.37 bits per heavy atom. The number of benzene rings is 3. The van der Waals surface area contributed by atoms with E-state index in [-0.39, 0.29) is 0 Å². The predicted molar refractivity (Wildman–Crippen MR) is 170 cm³/mol. The van der Waals surface area contributed by atoms with E-state index >= 15 is 0 Å². The van der Waals surface area contributed by atoms with Crippen LogP contribution in [0.25, 0.3) is 5.57 Å². The van der Waals surface area contributed by atoms with Crippen LogP contribution < -0.4 is 4.74 Å². The SMILES string of the molecule is C/C=C(\c1ccccc1OCc1ccccc1)[C@H](OCc1ccccc1I)[C@@H]1COC(C)(C)N1C(=O)OC(C)(C)C. The maximum atomic E-state index is 13.6. The lowest BCUT2D eigenvalue weighted by Crippen LogP contribution is -2.54. The van der Waals surface area contributed by atoms with Crippen molar-refractivity contribution in [3.05, 3.63) is 105 Å². The van der Waals surface area contributed by atoms with Gasteiger partial charge in [-0.05, 0) is 93.0 Å². The summed E-state index contributed by atoms with van der Waals surface area (Å²) in [4.78, 5) is 15.3. The van der Waals surface area contributed by atoms with Gasteiger partial charge in [-0.2, -0.15) is 0 Å². The standard InChI is InChI=1S/C34H40INO5/c1-7-26(27-18-12-14-20-30(27)38-21-24-15-9-8-10-16-24)31(39-22-25-17-11-13-19-28(25)35)29-23-40-34(5,6)36(29)32(37)41-33(2,3)4/h7-20,29,31H,21-23H2,1-6H3/b26-7+/t29-,31-/m0/s1. The third-order valence-corrected chi connectivity index (χ3v) is 7.94. The van der Waals surface area contributed by atoms with Gasteiger partial charge in [0.25, 0.3) is 0 Å². The van der Waals surface area contributed by atoms with Gasteiger partial charge in [0.1, 0.15) is 29.8 Å². The number of hydrogen-bond acceptors (Lipinski definition) is 5. The Morgan fingerprint density at radius 1 is 1.02 bits per heavy atom. The normalized spacial score (nSPS) is 17.8. The zero-order valence-electron chi connectivity index (χ0n) is 24.7. The highest BCUT2D eigenvalue weighted by molar-refractivity contribution is 14.1. The van der Waals surface area contributed by atoms with E-state index in [4.69, 9.17) is 18.9 Å². The molecular formula is C34H40INO5. The Hall–Kier alpha value is -2.88.